The van der Waals surface area contributed by atoms with Gasteiger partial charge in [-0.05, 0) is 19.8 Å². The highest BCUT2D eigenvalue weighted by Crippen LogP contribution is 2.12. The first-order valence-electron chi connectivity index (χ1n) is 5.49. The lowest BCUT2D eigenvalue weighted by Crippen LogP contribution is -2.38. The minimum atomic E-state index is -0.0585. The summed E-state index contributed by atoms with van der Waals surface area (Å²) in [6, 6.07) is 0. The van der Waals surface area contributed by atoms with E-state index in [-0.39, 0.29) is 10.7 Å². The van der Waals surface area contributed by atoms with Gasteiger partial charge in [0.15, 0.2) is 0 Å². The maximum atomic E-state index is 11.7. The van der Waals surface area contributed by atoms with Gasteiger partial charge in [-0.25, -0.2) is 0 Å². The molecule has 14 heavy (non-hydrogen) atoms. The molecule has 0 fully saturated rings. The zero-order valence-corrected chi connectivity index (χ0v) is 11.3. The standard InChI is InChI=1S/C11H22BrNO/c1-5-10(6-2)8-13(7-3)11(14)9(4)12/h9-10H,5-8H2,1-4H3. The van der Waals surface area contributed by atoms with E-state index in [1.165, 1.54) is 0 Å². The average Bonchev–Trinajstić information content (AvgIpc) is 2.19. The maximum absolute atomic E-state index is 11.7. The Balaban J connectivity index is 4.20. The quantitative estimate of drug-likeness (QED) is 0.675. The first-order chi connectivity index (χ1) is 6.56. The molecular formula is C11H22BrNO. The predicted octanol–water partition coefficient (Wildman–Crippen LogP) is 3.05. The highest BCUT2D eigenvalue weighted by molar-refractivity contribution is 9.10. The van der Waals surface area contributed by atoms with Crippen LogP contribution < -0.4 is 0 Å². The molecule has 0 heterocycles. The average molecular weight is 264 g/mol. The van der Waals surface area contributed by atoms with Crippen LogP contribution in [0.1, 0.15) is 40.5 Å². The van der Waals surface area contributed by atoms with Crippen LogP contribution >= 0.6 is 15.9 Å². The van der Waals surface area contributed by atoms with Crippen LogP contribution in [0.2, 0.25) is 0 Å². The van der Waals surface area contributed by atoms with E-state index in [2.05, 4.69) is 29.8 Å². The molecule has 0 N–H and O–H groups in total. The van der Waals surface area contributed by atoms with Crippen molar-refractivity contribution in [1.82, 2.24) is 4.90 Å². The van der Waals surface area contributed by atoms with Crippen LogP contribution in [0.5, 0.6) is 0 Å². The number of hydrogen-bond acceptors (Lipinski definition) is 1. The second kappa shape index (κ2) is 7.27. The lowest BCUT2D eigenvalue weighted by molar-refractivity contribution is -0.130. The van der Waals surface area contributed by atoms with Gasteiger partial charge in [0.25, 0.3) is 0 Å². The SMILES string of the molecule is CCC(CC)CN(CC)C(=O)C(C)Br. The summed E-state index contributed by atoms with van der Waals surface area (Å²) in [5.41, 5.74) is 0. The molecule has 0 aliphatic heterocycles. The normalized spacial score (nSPS) is 13.0. The van der Waals surface area contributed by atoms with Crippen LogP contribution in [-0.2, 0) is 4.79 Å². The molecule has 0 spiro atoms. The summed E-state index contributed by atoms with van der Waals surface area (Å²) in [6.07, 6.45) is 2.30. The number of alkyl halides is 1. The van der Waals surface area contributed by atoms with Gasteiger partial charge < -0.3 is 4.90 Å². The van der Waals surface area contributed by atoms with Crippen molar-refractivity contribution in [1.29, 1.82) is 0 Å². The second-order valence-corrected chi connectivity index (χ2v) is 5.05. The minimum absolute atomic E-state index is 0.0585. The molecule has 0 aliphatic carbocycles. The molecule has 0 aromatic heterocycles. The highest BCUT2D eigenvalue weighted by atomic mass is 79.9. The van der Waals surface area contributed by atoms with E-state index in [1.54, 1.807) is 0 Å². The third-order valence-electron chi connectivity index (χ3n) is 2.67. The van der Waals surface area contributed by atoms with Gasteiger partial charge in [0, 0.05) is 13.1 Å². The van der Waals surface area contributed by atoms with Crippen molar-refractivity contribution in [3.05, 3.63) is 0 Å². The Labute approximate surface area is 96.2 Å². The van der Waals surface area contributed by atoms with Crippen LogP contribution in [-0.4, -0.2) is 28.7 Å². The number of halogens is 1. The summed E-state index contributed by atoms with van der Waals surface area (Å²) < 4.78 is 0. The number of hydrogen-bond donors (Lipinski definition) is 0. The zero-order chi connectivity index (χ0) is 11.1. The molecule has 0 aromatic carbocycles. The summed E-state index contributed by atoms with van der Waals surface area (Å²) in [6.45, 7) is 10.0. The van der Waals surface area contributed by atoms with Gasteiger partial charge in [-0.2, -0.15) is 0 Å². The summed E-state index contributed by atoms with van der Waals surface area (Å²) in [4.78, 5) is 13.6. The zero-order valence-electron chi connectivity index (χ0n) is 9.72. The highest BCUT2D eigenvalue weighted by Gasteiger charge is 2.18. The van der Waals surface area contributed by atoms with Crippen LogP contribution in [0.4, 0.5) is 0 Å². The molecule has 1 amide bonds. The van der Waals surface area contributed by atoms with Gasteiger partial charge in [-0.3, -0.25) is 4.79 Å². The van der Waals surface area contributed by atoms with E-state index < -0.39 is 0 Å². The van der Waals surface area contributed by atoms with Gasteiger partial charge in [-0.15, -0.1) is 0 Å². The third kappa shape index (κ3) is 4.45. The molecule has 1 atom stereocenters. The van der Waals surface area contributed by atoms with Crippen molar-refractivity contribution in [2.45, 2.75) is 45.4 Å². The molecule has 0 saturated heterocycles. The number of amides is 1. The summed E-state index contributed by atoms with van der Waals surface area (Å²) in [7, 11) is 0. The first kappa shape index (κ1) is 13.9. The largest absolute Gasteiger partial charge is 0.342 e. The van der Waals surface area contributed by atoms with Gasteiger partial charge in [0.05, 0.1) is 4.83 Å². The van der Waals surface area contributed by atoms with Gasteiger partial charge in [-0.1, -0.05) is 42.6 Å². The topological polar surface area (TPSA) is 20.3 Å². The Hall–Kier alpha value is -0.0500. The number of rotatable bonds is 6. The fourth-order valence-corrected chi connectivity index (χ4v) is 1.77. The molecule has 0 aliphatic rings. The Bertz CT molecular complexity index is 167. The molecule has 2 nitrogen and oxygen atoms in total. The summed E-state index contributed by atoms with van der Waals surface area (Å²) in [5, 5.41) is 0. The molecular weight excluding hydrogens is 242 g/mol. The maximum Gasteiger partial charge on any atom is 0.236 e. The van der Waals surface area contributed by atoms with Gasteiger partial charge in [0.1, 0.15) is 0 Å². The fourth-order valence-electron chi connectivity index (χ4n) is 1.49. The van der Waals surface area contributed by atoms with Crippen LogP contribution in [0, 0.1) is 5.92 Å². The Morgan fingerprint density at radius 1 is 1.29 bits per heavy atom. The number of nitrogens with zero attached hydrogens (tertiary/aromatic N) is 1. The number of carbonyl (C=O) groups excluding carboxylic acids is 1. The van der Waals surface area contributed by atoms with Crippen molar-refractivity contribution in [3.63, 3.8) is 0 Å². The number of carbonyl (C=O) groups is 1. The van der Waals surface area contributed by atoms with E-state index in [1.807, 2.05) is 18.7 Å². The van der Waals surface area contributed by atoms with Crippen molar-refractivity contribution in [3.8, 4) is 0 Å². The van der Waals surface area contributed by atoms with E-state index in [4.69, 9.17) is 0 Å². The lowest BCUT2D eigenvalue weighted by atomic mass is 10.0. The summed E-state index contributed by atoms with van der Waals surface area (Å²) in [5.74, 6) is 0.851. The predicted molar refractivity (Wildman–Crippen MR) is 64.7 cm³/mol. The van der Waals surface area contributed by atoms with Gasteiger partial charge >= 0.3 is 0 Å². The Morgan fingerprint density at radius 2 is 1.79 bits per heavy atom. The smallest absolute Gasteiger partial charge is 0.236 e. The van der Waals surface area contributed by atoms with Crippen molar-refractivity contribution in [2.24, 2.45) is 5.92 Å². The Morgan fingerprint density at radius 3 is 2.07 bits per heavy atom. The van der Waals surface area contributed by atoms with E-state index in [0.29, 0.717) is 5.92 Å². The van der Waals surface area contributed by atoms with Crippen molar-refractivity contribution in [2.75, 3.05) is 13.1 Å². The fraction of sp³-hybridized carbons (Fsp3) is 0.909. The van der Waals surface area contributed by atoms with Crippen molar-refractivity contribution < 1.29 is 4.79 Å². The lowest BCUT2D eigenvalue weighted by Gasteiger charge is -2.26. The van der Waals surface area contributed by atoms with Crippen molar-refractivity contribution >= 4 is 21.8 Å². The monoisotopic (exact) mass is 263 g/mol. The molecule has 84 valence electrons. The third-order valence-corrected chi connectivity index (χ3v) is 3.06. The molecule has 3 heteroatoms. The van der Waals surface area contributed by atoms with E-state index in [0.717, 1.165) is 25.9 Å². The van der Waals surface area contributed by atoms with Crippen LogP contribution in [0.25, 0.3) is 0 Å². The van der Waals surface area contributed by atoms with Gasteiger partial charge in [0.2, 0.25) is 5.91 Å². The first-order valence-corrected chi connectivity index (χ1v) is 6.41. The summed E-state index contributed by atoms with van der Waals surface area (Å²) >= 11 is 3.32. The van der Waals surface area contributed by atoms with Crippen LogP contribution in [0.15, 0.2) is 0 Å². The molecule has 0 radical (unpaired) electrons. The Kier molecular flexibility index (Phi) is 7.24. The second-order valence-electron chi connectivity index (χ2n) is 3.68. The van der Waals surface area contributed by atoms with E-state index in [9.17, 15) is 4.79 Å². The molecule has 0 saturated carbocycles. The molecule has 1 unspecified atom stereocenters. The molecule has 0 bridgehead atoms. The minimum Gasteiger partial charge on any atom is -0.342 e. The molecule has 0 rings (SSSR count). The van der Waals surface area contributed by atoms with Crippen LogP contribution in [0.3, 0.4) is 0 Å². The van der Waals surface area contributed by atoms with E-state index >= 15 is 0 Å². The molecule has 0 aromatic rings.